The lowest BCUT2D eigenvalue weighted by Gasteiger charge is -2.00. The molecular formula is C13H23NO8. The molecule has 9 heteroatoms. The van der Waals surface area contributed by atoms with Gasteiger partial charge in [-0.25, -0.2) is 0 Å². The highest BCUT2D eigenvalue weighted by atomic mass is 16.7. The van der Waals surface area contributed by atoms with Crippen molar-refractivity contribution in [3.8, 4) is 0 Å². The maximum Gasteiger partial charge on any atom is 0.321 e. The van der Waals surface area contributed by atoms with Gasteiger partial charge in [0.05, 0.1) is 0 Å². The molecule has 0 bridgehead atoms. The second-order valence-electron chi connectivity index (χ2n) is 3.38. The third kappa shape index (κ3) is 43.2. The minimum atomic E-state index is -0.468. The molecule has 128 valence electrons. The van der Waals surface area contributed by atoms with Crippen molar-refractivity contribution in [2.75, 3.05) is 19.8 Å². The molecule has 0 atom stereocenters. The monoisotopic (exact) mass is 321 g/mol. The zero-order valence-corrected chi connectivity index (χ0v) is 13.2. The van der Waals surface area contributed by atoms with Gasteiger partial charge < -0.3 is 19.0 Å². The average Bonchev–Trinajstić information content (AvgIpc) is 2.42. The molecule has 0 aliphatic heterocycles. The summed E-state index contributed by atoms with van der Waals surface area (Å²) in [6.45, 7) is 9.14. The molecule has 0 rings (SSSR count). The second kappa shape index (κ2) is 18.6. The number of esters is 3. The Balaban J connectivity index is -0.000000263. The number of ether oxygens (including phenoxy) is 3. The Morgan fingerprint density at radius 2 is 1.14 bits per heavy atom. The second-order valence-corrected chi connectivity index (χ2v) is 3.38. The van der Waals surface area contributed by atoms with Crippen LogP contribution in [0, 0.1) is 0 Å². The Kier molecular flexibility index (Phi) is 20.8. The van der Waals surface area contributed by atoms with E-state index in [1.54, 1.807) is 0 Å². The van der Waals surface area contributed by atoms with Gasteiger partial charge in [0.2, 0.25) is 0 Å². The van der Waals surface area contributed by atoms with Gasteiger partial charge in [0.1, 0.15) is 19.8 Å². The van der Waals surface area contributed by atoms with Gasteiger partial charge >= 0.3 is 23.9 Å². The van der Waals surface area contributed by atoms with Gasteiger partial charge in [0.25, 0.3) is 0 Å². The number of rotatable bonds is 5. The molecule has 0 saturated heterocycles. The Morgan fingerprint density at radius 1 is 0.818 bits per heavy atom. The molecule has 0 heterocycles. The Morgan fingerprint density at radius 3 is 1.27 bits per heavy atom. The summed E-state index contributed by atoms with van der Waals surface area (Å²) in [6.07, 6.45) is 1.53. The van der Waals surface area contributed by atoms with E-state index < -0.39 is 5.97 Å². The summed E-state index contributed by atoms with van der Waals surface area (Å²) in [5.74, 6) is 2.85. The summed E-state index contributed by atoms with van der Waals surface area (Å²) < 4.78 is 13.4. The molecular weight excluding hydrogens is 298 g/mol. The third-order valence-corrected chi connectivity index (χ3v) is 1.26. The molecule has 22 heavy (non-hydrogen) atoms. The number of carbonyl (C=O) groups excluding carboxylic acids is 4. The summed E-state index contributed by atoms with van der Waals surface area (Å²) in [5.41, 5.74) is 0. The first-order valence-electron chi connectivity index (χ1n) is 6.05. The normalized spacial score (nSPS) is 7.86. The summed E-state index contributed by atoms with van der Waals surface area (Å²) in [7, 11) is 0. The fraction of sp³-hybridized carbons (Fsp3) is 0.538. The third-order valence-electron chi connectivity index (χ3n) is 1.26. The Labute approximate surface area is 129 Å². The van der Waals surface area contributed by atoms with Crippen molar-refractivity contribution in [1.82, 2.24) is 0 Å². The first-order valence-corrected chi connectivity index (χ1v) is 6.05. The lowest BCUT2D eigenvalue weighted by molar-refractivity contribution is -0.149. The van der Waals surface area contributed by atoms with Crippen LogP contribution in [0.3, 0.4) is 0 Å². The lowest BCUT2D eigenvalue weighted by atomic mass is 10.7. The molecule has 0 aliphatic carbocycles. The average molecular weight is 321 g/mol. The molecule has 9 nitrogen and oxygen atoms in total. The van der Waals surface area contributed by atoms with Gasteiger partial charge in [0, 0.05) is 27.7 Å². The quantitative estimate of drug-likeness (QED) is 0.249. The highest BCUT2D eigenvalue weighted by Gasteiger charge is 1.94. The van der Waals surface area contributed by atoms with Crippen molar-refractivity contribution < 1.29 is 38.2 Å². The number of nitrogens with two attached hydrogens (primary N) is 1. The largest absolute Gasteiger partial charge is 0.462 e. The van der Waals surface area contributed by atoms with E-state index in [-0.39, 0.29) is 31.1 Å². The van der Waals surface area contributed by atoms with Crippen molar-refractivity contribution in [2.45, 2.75) is 27.7 Å². The molecule has 0 aromatic rings. The van der Waals surface area contributed by atoms with Gasteiger partial charge in [-0.05, 0) is 0 Å². The Hall–Kier alpha value is -2.42. The fourth-order valence-electron chi connectivity index (χ4n) is 0.547. The standard InChI is InChI=1S/C6H10O4.C5H8O2.C2H5NO2/c1-5(7)9-3-4-10-6(2)8;1-3-4-7-5(2)6;1-2(4)5-3/h3-4H2,1-2H3;3H,1,4H2,2H3;3H2,1H3. The van der Waals surface area contributed by atoms with Crippen LogP contribution in [0.1, 0.15) is 27.7 Å². The van der Waals surface area contributed by atoms with Gasteiger partial charge in [-0.15, -0.1) is 0 Å². The molecule has 0 aliphatic rings. The predicted molar refractivity (Wildman–Crippen MR) is 76.0 cm³/mol. The van der Waals surface area contributed by atoms with Crippen molar-refractivity contribution in [1.29, 1.82) is 0 Å². The number of hydrogen-bond donors (Lipinski definition) is 1. The lowest BCUT2D eigenvalue weighted by Crippen LogP contribution is -2.09. The molecule has 0 aromatic heterocycles. The van der Waals surface area contributed by atoms with Crippen LogP contribution in [0.5, 0.6) is 0 Å². The minimum absolute atomic E-state index is 0.134. The summed E-state index contributed by atoms with van der Waals surface area (Å²) in [4.78, 5) is 43.3. The van der Waals surface area contributed by atoms with E-state index in [0.717, 1.165) is 0 Å². The highest BCUT2D eigenvalue weighted by Crippen LogP contribution is 1.79. The van der Waals surface area contributed by atoms with E-state index in [1.807, 2.05) is 0 Å². The summed E-state index contributed by atoms with van der Waals surface area (Å²) >= 11 is 0. The van der Waals surface area contributed by atoms with E-state index >= 15 is 0 Å². The van der Waals surface area contributed by atoms with Crippen LogP contribution < -0.4 is 5.90 Å². The smallest absolute Gasteiger partial charge is 0.321 e. The van der Waals surface area contributed by atoms with Gasteiger partial charge in [-0.1, -0.05) is 12.7 Å². The molecule has 0 spiro atoms. The Bertz CT molecular complexity index is 338. The molecule has 0 aromatic carbocycles. The molecule has 0 unspecified atom stereocenters. The molecule has 0 radical (unpaired) electrons. The van der Waals surface area contributed by atoms with E-state index in [0.29, 0.717) is 6.61 Å². The van der Waals surface area contributed by atoms with Crippen LogP contribution in [0.2, 0.25) is 0 Å². The maximum absolute atomic E-state index is 10.1. The zero-order valence-electron chi connectivity index (χ0n) is 13.2. The van der Waals surface area contributed by atoms with Crippen LogP contribution in [0.25, 0.3) is 0 Å². The minimum Gasteiger partial charge on any atom is -0.462 e. The number of hydrogen-bond acceptors (Lipinski definition) is 9. The molecule has 0 fully saturated rings. The zero-order chi connectivity index (χ0) is 18.0. The maximum atomic E-state index is 10.1. The topological polar surface area (TPSA) is 131 Å². The van der Waals surface area contributed by atoms with Crippen molar-refractivity contribution in [3.05, 3.63) is 12.7 Å². The van der Waals surface area contributed by atoms with E-state index in [9.17, 15) is 19.2 Å². The SMILES string of the molecule is C=CCOC(C)=O.CC(=O)OCCOC(C)=O.CC(=O)ON. The number of carbonyl (C=O) groups is 4. The van der Waals surface area contributed by atoms with Crippen LogP contribution in [0.15, 0.2) is 12.7 Å². The fourth-order valence-corrected chi connectivity index (χ4v) is 0.547. The van der Waals surface area contributed by atoms with Gasteiger partial charge in [0.15, 0.2) is 0 Å². The summed E-state index contributed by atoms with van der Waals surface area (Å²) in [6, 6.07) is 0. The van der Waals surface area contributed by atoms with Crippen molar-refractivity contribution >= 4 is 23.9 Å². The van der Waals surface area contributed by atoms with Crippen molar-refractivity contribution in [3.63, 3.8) is 0 Å². The van der Waals surface area contributed by atoms with Gasteiger partial charge in [-0.3, -0.25) is 19.2 Å². The highest BCUT2D eigenvalue weighted by molar-refractivity contribution is 5.67. The van der Waals surface area contributed by atoms with Crippen LogP contribution >= 0.6 is 0 Å². The van der Waals surface area contributed by atoms with Crippen LogP contribution in [0.4, 0.5) is 0 Å². The molecule has 0 amide bonds. The van der Waals surface area contributed by atoms with E-state index in [2.05, 4.69) is 31.5 Å². The first kappa shape index (κ1) is 24.6. The van der Waals surface area contributed by atoms with E-state index in [4.69, 9.17) is 0 Å². The van der Waals surface area contributed by atoms with Crippen LogP contribution in [-0.4, -0.2) is 43.7 Å². The van der Waals surface area contributed by atoms with E-state index in [1.165, 1.54) is 33.8 Å². The molecule has 0 saturated carbocycles. The van der Waals surface area contributed by atoms with Crippen molar-refractivity contribution in [2.24, 2.45) is 5.90 Å². The summed E-state index contributed by atoms with van der Waals surface area (Å²) in [5, 5.41) is 0. The predicted octanol–water partition coefficient (Wildman–Crippen LogP) is 0.271. The van der Waals surface area contributed by atoms with Crippen LogP contribution in [-0.2, 0) is 38.2 Å². The first-order chi connectivity index (χ1) is 10.2. The molecule has 2 N–H and O–H groups in total. The van der Waals surface area contributed by atoms with Gasteiger partial charge in [-0.2, -0.15) is 5.90 Å².